The number of nitrogens with zero attached hydrogens (tertiary/aromatic N) is 2. The molecule has 1 saturated heterocycles. The number of hydrogen-bond donors (Lipinski definition) is 0. The molecule has 2 aromatic rings. The van der Waals surface area contributed by atoms with E-state index < -0.39 is 0 Å². The molecule has 0 saturated carbocycles. The predicted molar refractivity (Wildman–Crippen MR) is 108 cm³/mol. The van der Waals surface area contributed by atoms with Crippen molar-refractivity contribution in [3.63, 3.8) is 0 Å². The molecular formula is C23H27FN2O2. The third-order valence-corrected chi connectivity index (χ3v) is 6.36. The molecule has 0 spiro atoms. The fourth-order valence-corrected chi connectivity index (χ4v) is 4.82. The first-order valence-electron chi connectivity index (χ1n) is 10.4. The number of fused-ring (bicyclic) bond motifs is 3. The molecule has 0 aromatic heterocycles. The summed E-state index contributed by atoms with van der Waals surface area (Å²) in [6.07, 6.45) is 5.66. The molecule has 5 heteroatoms. The highest BCUT2D eigenvalue weighted by molar-refractivity contribution is 5.71. The van der Waals surface area contributed by atoms with Gasteiger partial charge in [0.15, 0.2) is 11.5 Å². The van der Waals surface area contributed by atoms with Crippen LogP contribution in [0.2, 0.25) is 0 Å². The van der Waals surface area contributed by atoms with Crippen LogP contribution in [0.15, 0.2) is 36.4 Å². The first-order chi connectivity index (χ1) is 13.8. The second-order valence-corrected chi connectivity index (χ2v) is 8.05. The van der Waals surface area contributed by atoms with Gasteiger partial charge in [0, 0.05) is 32.2 Å². The molecule has 0 N–H and O–H groups in total. The Morgan fingerprint density at radius 1 is 0.964 bits per heavy atom. The van der Waals surface area contributed by atoms with E-state index in [4.69, 9.17) is 9.47 Å². The van der Waals surface area contributed by atoms with Gasteiger partial charge in [0.05, 0.1) is 5.69 Å². The minimum Gasteiger partial charge on any atom is -0.454 e. The largest absolute Gasteiger partial charge is 0.454 e. The quantitative estimate of drug-likeness (QED) is 0.798. The lowest BCUT2D eigenvalue weighted by molar-refractivity contribution is 0.173. The number of hydrogen-bond acceptors (Lipinski definition) is 4. The highest BCUT2D eigenvalue weighted by Crippen LogP contribution is 2.46. The Morgan fingerprint density at radius 3 is 2.61 bits per heavy atom. The monoisotopic (exact) mass is 382 g/mol. The summed E-state index contributed by atoms with van der Waals surface area (Å²) in [6.45, 7) is 4.71. The van der Waals surface area contributed by atoms with E-state index in [2.05, 4.69) is 21.9 Å². The second kappa shape index (κ2) is 7.63. The van der Waals surface area contributed by atoms with Gasteiger partial charge in [-0.05, 0) is 61.4 Å². The summed E-state index contributed by atoms with van der Waals surface area (Å²) in [5, 5.41) is 0. The first kappa shape index (κ1) is 17.8. The van der Waals surface area contributed by atoms with Crippen LogP contribution in [-0.4, -0.2) is 43.9 Å². The van der Waals surface area contributed by atoms with Gasteiger partial charge in [-0.2, -0.15) is 0 Å². The van der Waals surface area contributed by atoms with E-state index in [0.29, 0.717) is 12.8 Å². The van der Waals surface area contributed by atoms with E-state index in [-0.39, 0.29) is 5.82 Å². The van der Waals surface area contributed by atoms with Crippen LogP contribution in [0.25, 0.3) is 0 Å². The van der Waals surface area contributed by atoms with E-state index >= 15 is 0 Å². The number of benzene rings is 2. The Hall–Kier alpha value is -2.27. The van der Waals surface area contributed by atoms with Crippen molar-refractivity contribution in [3.8, 4) is 11.5 Å². The van der Waals surface area contributed by atoms with E-state index in [1.165, 1.54) is 36.1 Å². The molecular weight excluding hydrogens is 355 g/mol. The lowest BCUT2D eigenvalue weighted by Crippen LogP contribution is -2.47. The van der Waals surface area contributed by atoms with Gasteiger partial charge in [-0.15, -0.1) is 0 Å². The van der Waals surface area contributed by atoms with Crippen molar-refractivity contribution in [2.24, 2.45) is 0 Å². The molecule has 3 aliphatic heterocycles. The SMILES string of the molecule is Fc1ccc(CCN2CCC(N3CCCc4ccc5c(c43)OCO5)CC2)cc1. The zero-order chi connectivity index (χ0) is 18.9. The van der Waals surface area contributed by atoms with E-state index in [0.717, 1.165) is 50.5 Å². The third kappa shape index (κ3) is 3.44. The van der Waals surface area contributed by atoms with E-state index in [1.807, 2.05) is 12.1 Å². The minimum atomic E-state index is -0.160. The number of likely N-dealkylation sites (tertiary alicyclic amines) is 1. The Kier molecular flexibility index (Phi) is 4.85. The van der Waals surface area contributed by atoms with Gasteiger partial charge in [0.1, 0.15) is 5.82 Å². The van der Waals surface area contributed by atoms with Crippen LogP contribution >= 0.6 is 0 Å². The van der Waals surface area contributed by atoms with Crippen molar-refractivity contribution in [1.82, 2.24) is 4.90 Å². The van der Waals surface area contributed by atoms with Crippen molar-refractivity contribution in [2.45, 2.75) is 38.1 Å². The molecule has 5 rings (SSSR count). The summed E-state index contributed by atoms with van der Waals surface area (Å²) in [7, 11) is 0. The van der Waals surface area contributed by atoms with E-state index in [9.17, 15) is 4.39 Å². The van der Waals surface area contributed by atoms with Crippen LogP contribution in [0.5, 0.6) is 11.5 Å². The second-order valence-electron chi connectivity index (χ2n) is 8.05. The number of ether oxygens (including phenoxy) is 2. The van der Waals surface area contributed by atoms with Crippen LogP contribution < -0.4 is 14.4 Å². The van der Waals surface area contributed by atoms with Gasteiger partial charge in [0.2, 0.25) is 6.79 Å². The van der Waals surface area contributed by atoms with Crippen molar-refractivity contribution in [1.29, 1.82) is 0 Å². The van der Waals surface area contributed by atoms with Gasteiger partial charge in [-0.3, -0.25) is 0 Å². The summed E-state index contributed by atoms with van der Waals surface area (Å²) in [5.74, 6) is 1.69. The molecule has 4 nitrogen and oxygen atoms in total. The normalized spacial score (nSPS) is 19.7. The predicted octanol–water partition coefficient (Wildman–Crippen LogP) is 4.01. The summed E-state index contributed by atoms with van der Waals surface area (Å²) < 4.78 is 24.5. The highest BCUT2D eigenvalue weighted by Gasteiger charge is 2.32. The number of halogens is 1. The number of piperidine rings is 1. The smallest absolute Gasteiger partial charge is 0.231 e. The summed E-state index contributed by atoms with van der Waals surface area (Å²) >= 11 is 0. The Balaban J connectivity index is 1.22. The van der Waals surface area contributed by atoms with Gasteiger partial charge in [-0.1, -0.05) is 18.2 Å². The molecule has 0 radical (unpaired) electrons. The Morgan fingerprint density at radius 2 is 1.79 bits per heavy atom. The van der Waals surface area contributed by atoms with Gasteiger partial charge in [0.25, 0.3) is 0 Å². The topological polar surface area (TPSA) is 24.9 Å². The van der Waals surface area contributed by atoms with Crippen LogP contribution in [-0.2, 0) is 12.8 Å². The number of aryl methyl sites for hydroxylation is 1. The summed E-state index contributed by atoms with van der Waals surface area (Å²) in [6, 6.07) is 11.7. The number of anilines is 1. The molecule has 1 fully saturated rings. The average molecular weight is 382 g/mol. The average Bonchev–Trinajstić information content (AvgIpc) is 3.22. The Labute approximate surface area is 165 Å². The van der Waals surface area contributed by atoms with Crippen molar-refractivity contribution in [2.75, 3.05) is 37.9 Å². The Bertz CT molecular complexity index is 831. The fraction of sp³-hybridized carbons (Fsp3) is 0.478. The molecule has 2 aromatic carbocycles. The zero-order valence-corrected chi connectivity index (χ0v) is 16.2. The van der Waals surface area contributed by atoms with Crippen LogP contribution in [0.1, 0.15) is 30.4 Å². The molecule has 3 heterocycles. The molecule has 28 heavy (non-hydrogen) atoms. The van der Waals surface area contributed by atoms with Crippen LogP contribution in [0.4, 0.5) is 10.1 Å². The van der Waals surface area contributed by atoms with Crippen LogP contribution in [0.3, 0.4) is 0 Å². The molecule has 3 aliphatic rings. The van der Waals surface area contributed by atoms with Gasteiger partial charge < -0.3 is 19.3 Å². The van der Waals surface area contributed by atoms with Crippen molar-refractivity contribution in [3.05, 3.63) is 53.3 Å². The lowest BCUT2D eigenvalue weighted by atomic mass is 9.95. The lowest BCUT2D eigenvalue weighted by Gasteiger charge is -2.42. The molecule has 0 bridgehead atoms. The maximum Gasteiger partial charge on any atom is 0.231 e. The molecule has 0 aliphatic carbocycles. The molecule has 0 amide bonds. The van der Waals surface area contributed by atoms with E-state index in [1.54, 1.807) is 12.1 Å². The minimum absolute atomic E-state index is 0.160. The molecule has 0 atom stereocenters. The summed E-state index contributed by atoms with van der Waals surface area (Å²) in [5.41, 5.74) is 3.89. The zero-order valence-electron chi connectivity index (χ0n) is 16.2. The maximum atomic E-state index is 13.1. The number of rotatable bonds is 4. The summed E-state index contributed by atoms with van der Waals surface area (Å²) in [4.78, 5) is 5.13. The van der Waals surface area contributed by atoms with Crippen molar-refractivity contribution >= 4 is 5.69 Å². The maximum absolute atomic E-state index is 13.1. The first-order valence-corrected chi connectivity index (χ1v) is 10.4. The van der Waals surface area contributed by atoms with Crippen LogP contribution in [0, 0.1) is 5.82 Å². The molecule has 148 valence electrons. The fourth-order valence-electron chi connectivity index (χ4n) is 4.82. The highest BCUT2D eigenvalue weighted by atomic mass is 19.1. The van der Waals surface area contributed by atoms with Crippen molar-refractivity contribution < 1.29 is 13.9 Å². The standard InChI is InChI=1S/C23H27FN2O2/c24-19-6-3-17(4-7-19)9-13-25-14-10-20(11-15-25)26-12-1-2-18-5-8-21-23(22(18)26)28-16-27-21/h3-8,20H,1-2,9-16H2. The van der Waals surface area contributed by atoms with Gasteiger partial charge in [-0.25, -0.2) is 4.39 Å². The third-order valence-electron chi connectivity index (χ3n) is 6.36. The molecule has 0 unspecified atom stereocenters. The van der Waals surface area contributed by atoms with Gasteiger partial charge >= 0.3 is 0 Å².